The van der Waals surface area contributed by atoms with Crippen molar-refractivity contribution >= 4 is 34.2 Å². The molecule has 8 nitrogen and oxygen atoms in total. The summed E-state index contributed by atoms with van der Waals surface area (Å²) in [5.41, 5.74) is 5.96. The number of carbonyl (C=O) groups is 3. The predicted octanol–water partition coefficient (Wildman–Crippen LogP) is 1.97. The van der Waals surface area contributed by atoms with Gasteiger partial charge in [-0.3, -0.25) is 0 Å². The molecule has 9 heteroatoms. The van der Waals surface area contributed by atoms with Crippen LogP contribution in [0.2, 0.25) is 0 Å². The molecule has 0 radical (unpaired) electrons. The van der Waals surface area contributed by atoms with Gasteiger partial charge in [-0.1, -0.05) is 6.07 Å². The molecule has 2 rings (SSSR count). The van der Waals surface area contributed by atoms with Gasteiger partial charge < -0.3 is 25.1 Å². The standard InChI is InChI=1S/C16H15NO7S/c1-22-15(20)11-10(12(16(21)23-2)25-13(11)17)7-24-14(19)8-4-3-5-9(18)6-8/h3-6,18H,7,17H2,1-2H3. The first-order valence-corrected chi connectivity index (χ1v) is 7.74. The summed E-state index contributed by atoms with van der Waals surface area (Å²) < 4.78 is 14.4. The summed E-state index contributed by atoms with van der Waals surface area (Å²) in [5, 5.41) is 9.45. The zero-order valence-corrected chi connectivity index (χ0v) is 14.2. The van der Waals surface area contributed by atoms with E-state index in [1.807, 2.05) is 0 Å². The Hall–Kier alpha value is -3.07. The maximum absolute atomic E-state index is 12.1. The third-order valence-electron chi connectivity index (χ3n) is 3.22. The van der Waals surface area contributed by atoms with Crippen molar-refractivity contribution in [2.24, 2.45) is 0 Å². The van der Waals surface area contributed by atoms with Gasteiger partial charge in [0.2, 0.25) is 0 Å². The van der Waals surface area contributed by atoms with Crippen LogP contribution >= 0.6 is 11.3 Å². The number of hydrogen-bond acceptors (Lipinski definition) is 9. The number of ether oxygens (including phenoxy) is 3. The first-order valence-electron chi connectivity index (χ1n) is 6.93. The Bertz CT molecular complexity index is 828. The second-order valence-electron chi connectivity index (χ2n) is 4.76. The highest BCUT2D eigenvalue weighted by molar-refractivity contribution is 7.18. The Morgan fingerprint density at radius 2 is 1.80 bits per heavy atom. The van der Waals surface area contributed by atoms with E-state index in [0.717, 1.165) is 11.3 Å². The number of anilines is 1. The highest BCUT2D eigenvalue weighted by Crippen LogP contribution is 2.33. The zero-order valence-electron chi connectivity index (χ0n) is 13.4. The lowest BCUT2D eigenvalue weighted by atomic mass is 10.1. The van der Waals surface area contributed by atoms with Crippen LogP contribution in [0.1, 0.15) is 36.0 Å². The number of carbonyl (C=O) groups excluding carboxylic acids is 3. The number of hydrogen-bond donors (Lipinski definition) is 2. The van der Waals surface area contributed by atoms with Crippen molar-refractivity contribution < 1.29 is 33.7 Å². The maximum Gasteiger partial charge on any atom is 0.348 e. The van der Waals surface area contributed by atoms with Gasteiger partial charge >= 0.3 is 17.9 Å². The van der Waals surface area contributed by atoms with E-state index in [4.69, 9.17) is 10.5 Å². The zero-order chi connectivity index (χ0) is 18.6. The fourth-order valence-electron chi connectivity index (χ4n) is 2.06. The molecule has 0 aliphatic carbocycles. The van der Waals surface area contributed by atoms with Crippen LogP contribution in [0.15, 0.2) is 24.3 Å². The number of nitrogens with two attached hydrogens (primary N) is 1. The van der Waals surface area contributed by atoms with E-state index in [1.54, 1.807) is 0 Å². The average Bonchev–Trinajstić information content (AvgIpc) is 2.94. The van der Waals surface area contributed by atoms with Crippen LogP contribution in [0, 0.1) is 0 Å². The normalized spacial score (nSPS) is 10.2. The number of nitrogen functional groups attached to an aromatic ring is 1. The van der Waals surface area contributed by atoms with Gasteiger partial charge in [-0.25, -0.2) is 14.4 Å². The van der Waals surface area contributed by atoms with E-state index in [-0.39, 0.29) is 32.3 Å². The Morgan fingerprint density at radius 3 is 2.40 bits per heavy atom. The van der Waals surface area contributed by atoms with Gasteiger partial charge in [0.05, 0.1) is 19.8 Å². The molecule has 0 amide bonds. The smallest absolute Gasteiger partial charge is 0.348 e. The Kier molecular flexibility index (Phi) is 5.60. The van der Waals surface area contributed by atoms with Gasteiger partial charge in [-0.2, -0.15) is 0 Å². The van der Waals surface area contributed by atoms with Gasteiger partial charge in [0.15, 0.2) is 0 Å². The lowest BCUT2D eigenvalue weighted by molar-refractivity contribution is 0.0452. The summed E-state index contributed by atoms with van der Waals surface area (Å²) in [6, 6.07) is 5.56. The number of aromatic hydroxyl groups is 1. The lowest BCUT2D eigenvalue weighted by Gasteiger charge is -2.08. The van der Waals surface area contributed by atoms with Crippen LogP contribution in [0.25, 0.3) is 0 Å². The Morgan fingerprint density at radius 1 is 1.12 bits per heavy atom. The summed E-state index contributed by atoms with van der Waals surface area (Å²) in [5.74, 6) is -2.31. The molecule has 132 valence electrons. The molecule has 0 saturated heterocycles. The second kappa shape index (κ2) is 7.67. The third-order valence-corrected chi connectivity index (χ3v) is 4.27. The number of methoxy groups -OCH3 is 2. The monoisotopic (exact) mass is 365 g/mol. The molecule has 0 unspecified atom stereocenters. The molecule has 0 aliphatic rings. The van der Waals surface area contributed by atoms with Crippen molar-refractivity contribution in [2.45, 2.75) is 6.61 Å². The summed E-state index contributed by atoms with van der Waals surface area (Å²) in [7, 11) is 2.35. The molecule has 25 heavy (non-hydrogen) atoms. The summed E-state index contributed by atoms with van der Waals surface area (Å²) >= 11 is 0.838. The fraction of sp³-hybridized carbons (Fsp3) is 0.188. The van der Waals surface area contributed by atoms with Crippen LogP contribution in [-0.2, 0) is 20.8 Å². The Labute approximate surface area is 146 Å². The van der Waals surface area contributed by atoms with Gasteiger partial charge in [-0.15, -0.1) is 11.3 Å². The molecule has 0 fully saturated rings. The van der Waals surface area contributed by atoms with Crippen LogP contribution in [-0.4, -0.2) is 37.2 Å². The highest BCUT2D eigenvalue weighted by Gasteiger charge is 2.28. The Balaban J connectivity index is 2.32. The van der Waals surface area contributed by atoms with Gasteiger partial charge in [-0.05, 0) is 18.2 Å². The molecular formula is C16H15NO7S. The van der Waals surface area contributed by atoms with Gasteiger partial charge in [0.1, 0.15) is 27.8 Å². The van der Waals surface area contributed by atoms with Crippen LogP contribution in [0.5, 0.6) is 5.75 Å². The van der Waals surface area contributed by atoms with Crippen molar-refractivity contribution in [3.63, 3.8) is 0 Å². The van der Waals surface area contributed by atoms with Crippen LogP contribution in [0.4, 0.5) is 5.00 Å². The van der Waals surface area contributed by atoms with Gasteiger partial charge in [0, 0.05) is 5.56 Å². The molecule has 0 atom stereocenters. The van der Waals surface area contributed by atoms with Gasteiger partial charge in [0.25, 0.3) is 0 Å². The average molecular weight is 365 g/mol. The topological polar surface area (TPSA) is 125 Å². The minimum absolute atomic E-state index is 0.0448. The minimum Gasteiger partial charge on any atom is -0.508 e. The number of rotatable bonds is 5. The molecule has 3 N–H and O–H groups in total. The van der Waals surface area contributed by atoms with Crippen molar-refractivity contribution in [3.8, 4) is 5.75 Å². The number of thiophene rings is 1. The molecule has 0 aliphatic heterocycles. The molecular weight excluding hydrogens is 350 g/mol. The predicted molar refractivity (Wildman–Crippen MR) is 88.6 cm³/mol. The van der Waals surface area contributed by atoms with E-state index in [9.17, 15) is 19.5 Å². The molecule has 0 bridgehead atoms. The second-order valence-corrected chi connectivity index (χ2v) is 5.81. The SMILES string of the molecule is COC(=O)c1sc(N)c(C(=O)OC)c1COC(=O)c1cccc(O)c1. The quantitative estimate of drug-likeness (QED) is 0.608. The first-order chi connectivity index (χ1) is 11.9. The van der Waals surface area contributed by atoms with E-state index in [2.05, 4.69) is 9.47 Å². The number of benzene rings is 1. The molecule has 0 spiro atoms. The van der Waals surface area contributed by atoms with Crippen molar-refractivity contribution in [2.75, 3.05) is 20.0 Å². The first kappa shape index (κ1) is 18.3. The summed E-state index contributed by atoms with van der Waals surface area (Å²) in [4.78, 5) is 35.9. The number of phenolic OH excluding ortho intramolecular Hbond substituents is 1. The van der Waals surface area contributed by atoms with Crippen molar-refractivity contribution in [1.29, 1.82) is 0 Å². The van der Waals surface area contributed by atoms with Crippen molar-refractivity contribution in [3.05, 3.63) is 45.8 Å². The molecule has 1 heterocycles. The summed E-state index contributed by atoms with van der Waals surface area (Å²) in [6.45, 7) is -0.392. The minimum atomic E-state index is -0.757. The van der Waals surface area contributed by atoms with E-state index in [1.165, 1.54) is 38.5 Å². The molecule has 2 aromatic rings. The number of esters is 3. The van der Waals surface area contributed by atoms with E-state index in [0.29, 0.717) is 0 Å². The van der Waals surface area contributed by atoms with Crippen molar-refractivity contribution in [1.82, 2.24) is 0 Å². The molecule has 1 aromatic carbocycles. The third kappa shape index (κ3) is 3.89. The summed E-state index contributed by atoms with van der Waals surface area (Å²) in [6.07, 6.45) is 0. The maximum atomic E-state index is 12.1. The lowest BCUT2D eigenvalue weighted by Crippen LogP contribution is -2.12. The fourth-order valence-corrected chi connectivity index (χ4v) is 3.04. The van der Waals surface area contributed by atoms with Crippen LogP contribution in [0.3, 0.4) is 0 Å². The van der Waals surface area contributed by atoms with E-state index < -0.39 is 24.5 Å². The highest BCUT2D eigenvalue weighted by atomic mass is 32.1. The largest absolute Gasteiger partial charge is 0.508 e. The van der Waals surface area contributed by atoms with Crippen LogP contribution < -0.4 is 5.73 Å². The molecule has 0 saturated carbocycles. The number of phenols is 1. The molecule has 1 aromatic heterocycles. The van der Waals surface area contributed by atoms with E-state index >= 15 is 0 Å².